The Morgan fingerprint density at radius 3 is 2.37 bits per heavy atom. The summed E-state index contributed by atoms with van der Waals surface area (Å²) in [5.74, 6) is 0. The zero-order valence-electron chi connectivity index (χ0n) is 9.70. The van der Waals surface area contributed by atoms with Crippen LogP contribution in [0.5, 0.6) is 0 Å². The molecule has 1 heterocycles. The number of benzene rings is 2. The zero-order chi connectivity index (χ0) is 13.4. The Morgan fingerprint density at radius 2 is 1.53 bits per heavy atom. The van der Waals surface area contributed by atoms with Crippen LogP contribution in [-0.2, 0) is 0 Å². The van der Waals surface area contributed by atoms with Crippen molar-refractivity contribution in [3.05, 3.63) is 63.6 Å². The van der Waals surface area contributed by atoms with Crippen LogP contribution in [0, 0.1) is 0 Å². The Balaban J connectivity index is 2.22. The zero-order valence-corrected chi connectivity index (χ0v) is 12.0. The van der Waals surface area contributed by atoms with Gasteiger partial charge >= 0.3 is 0 Å². The molecule has 0 radical (unpaired) electrons. The minimum Gasteiger partial charge on any atom is -0.248 e. The molecule has 1 aromatic heterocycles. The molecular weight excluding hydrogens is 301 g/mol. The van der Waals surface area contributed by atoms with Crippen LogP contribution in [-0.4, -0.2) is 4.98 Å². The Labute approximate surface area is 125 Å². The molecule has 0 saturated carbocycles. The van der Waals surface area contributed by atoms with Crippen molar-refractivity contribution in [3.8, 4) is 11.3 Å². The van der Waals surface area contributed by atoms with Crippen LogP contribution in [0.15, 0.2) is 48.5 Å². The third kappa shape index (κ3) is 2.30. The molecule has 0 spiro atoms. The van der Waals surface area contributed by atoms with Crippen LogP contribution in [0.1, 0.15) is 0 Å². The van der Waals surface area contributed by atoms with Crippen molar-refractivity contribution in [2.45, 2.75) is 0 Å². The van der Waals surface area contributed by atoms with Gasteiger partial charge in [0.1, 0.15) is 0 Å². The molecule has 0 amide bonds. The first-order valence-corrected chi connectivity index (χ1v) is 6.80. The second-order valence-electron chi connectivity index (χ2n) is 4.11. The lowest BCUT2D eigenvalue weighted by Gasteiger charge is -2.07. The van der Waals surface area contributed by atoms with Crippen LogP contribution in [0.2, 0.25) is 15.1 Å². The van der Waals surface area contributed by atoms with E-state index in [9.17, 15) is 0 Å². The maximum Gasteiger partial charge on any atom is 0.0785 e. The predicted octanol–water partition coefficient (Wildman–Crippen LogP) is 5.86. The van der Waals surface area contributed by atoms with Crippen LogP contribution in [0.3, 0.4) is 0 Å². The van der Waals surface area contributed by atoms with E-state index in [1.54, 1.807) is 6.07 Å². The highest BCUT2D eigenvalue weighted by Crippen LogP contribution is 2.37. The standard InChI is InChI=1S/C15H8Cl3N/c16-11-7-6-10(14(17)15(11)18)13-8-5-9-3-1-2-4-12(9)19-13/h1-8H. The third-order valence-corrected chi connectivity index (χ3v) is 4.20. The minimum absolute atomic E-state index is 0.357. The number of hydrogen-bond acceptors (Lipinski definition) is 1. The Bertz CT molecular complexity index is 768. The summed E-state index contributed by atoms with van der Waals surface area (Å²) < 4.78 is 0. The van der Waals surface area contributed by atoms with E-state index < -0.39 is 0 Å². The molecular formula is C15H8Cl3N. The van der Waals surface area contributed by atoms with E-state index in [1.165, 1.54) is 0 Å². The number of halogens is 3. The summed E-state index contributed by atoms with van der Waals surface area (Å²) in [4.78, 5) is 4.59. The van der Waals surface area contributed by atoms with Crippen LogP contribution in [0.25, 0.3) is 22.2 Å². The number of fused-ring (bicyclic) bond motifs is 1. The number of nitrogens with zero attached hydrogens (tertiary/aromatic N) is 1. The van der Waals surface area contributed by atoms with E-state index in [0.29, 0.717) is 15.1 Å². The largest absolute Gasteiger partial charge is 0.248 e. The monoisotopic (exact) mass is 307 g/mol. The van der Waals surface area contributed by atoms with Gasteiger partial charge in [-0.3, -0.25) is 0 Å². The van der Waals surface area contributed by atoms with E-state index in [1.807, 2.05) is 42.5 Å². The minimum atomic E-state index is 0.357. The van der Waals surface area contributed by atoms with Crippen LogP contribution >= 0.6 is 34.8 Å². The number of aromatic nitrogens is 1. The van der Waals surface area contributed by atoms with Gasteiger partial charge in [0.2, 0.25) is 0 Å². The number of rotatable bonds is 1. The lowest BCUT2D eigenvalue weighted by molar-refractivity contribution is 1.40. The summed E-state index contributed by atoms with van der Waals surface area (Å²) in [7, 11) is 0. The number of hydrogen-bond donors (Lipinski definition) is 0. The second-order valence-corrected chi connectivity index (χ2v) is 5.28. The van der Waals surface area contributed by atoms with Gasteiger partial charge in [-0.05, 0) is 24.3 Å². The molecule has 94 valence electrons. The van der Waals surface area contributed by atoms with Gasteiger partial charge in [0.05, 0.1) is 26.3 Å². The maximum atomic E-state index is 6.23. The smallest absolute Gasteiger partial charge is 0.0785 e. The predicted molar refractivity (Wildman–Crippen MR) is 82.2 cm³/mol. The van der Waals surface area contributed by atoms with E-state index in [2.05, 4.69) is 4.98 Å². The summed E-state index contributed by atoms with van der Waals surface area (Å²) in [6.45, 7) is 0. The van der Waals surface area contributed by atoms with Crippen molar-refractivity contribution >= 4 is 45.7 Å². The van der Waals surface area contributed by atoms with Gasteiger partial charge in [-0.25, -0.2) is 4.98 Å². The van der Waals surface area contributed by atoms with Gasteiger partial charge in [-0.15, -0.1) is 0 Å². The van der Waals surface area contributed by atoms with Crippen molar-refractivity contribution < 1.29 is 0 Å². The van der Waals surface area contributed by atoms with Gasteiger partial charge in [0, 0.05) is 10.9 Å². The van der Waals surface area contributed by atoms with Gasteiger partial charge in [0.25, 0.3) is 0 Å². The summed E-state index contributed by atoms with van der Waals surface area (Å²) in [6, 6.07) is 15.4. The molecule has 1 nitrogen and oxygen atoms in total. The van der Waals surface area contributed by atoms with Crippen molar-refractivity contribution in [3.63, 3.8) is 0 Å². The summed E-state index contributed by atoms with van der Waals surface area (Å²) >= 11 is 18.2. The fraction of sp³-hybridized carbons (Fsp3) is 0. The average molecular weight is 309 g/mol. The summed E-state index contributed by atoms with van der Waals surface area (Å²) in [6.07, 6.45) is 0. The first-order valence-electron chi connectivity index (χ1n) is 5.66. The van der Waals surface area contributed by atoms with Gasteiger partial charge in [-0.1, -0.05) is 59.1 Å². The Kier molecular flexibility index (Phi) is 3.36. The van der Waals surface area contributed by atoms with Crippen molar-refractivity contribution in [1.82, 2.24) is 4.98 Å². The van der Waals surface area contributed by atoms with Gasteiger partial charge < -0.3 is 0 Å². The Morgan fingerprint density at radius 1 is 0.737 bits per heavy atom. The van der Waals surface area contributed by atoms with Crippen molar-refractivity contribution in [1.29, 1.82) is 0 Å². The number of para-hydroxylation sites is 1. The Hall–Kier alpha value is -1.28. The van der Waals surface area contributed by atoms with E-state index >= 15 is 0 Å². The molecule has 0 saturated heterocycles. The first kappa shape index (κ1) is 12.7. The van der Waals surface area contributed by atoms with Crippen LogP contribution in [0.4, 0.5) is 0 Å². The van der Waals surface area contributed by atoms with Crippen molar-refractivity contribution in [2.24, 2.45) is 0 Å². The quantitative estimate of drug-likeness (QED) is 0.513. The van der Waals surface area contributed by atoms with Gasteiger partial charge in [-0.2, -0.15) is 0 Å². The van der Waals surface area contributed by atoms with E-state index in [4.69, 9.17) is 34.8 Å². The summed E-state index contributed by atoms with van der Waals surface area (Å²) in [5.41, 5.74) is 2.48. The average Bonchev–Trinajstić information content (AvgIpc) is 2.44. The molecule has 4 heteroatoms. The second kappa shape index (κ2) is 5.01. The molecule has 0 fully saturated rings. The highest BCUT2D eigenvalue weighted by molar-refractivity contribution is 6.49. The first-order chi connectivity index (χ1) is 9.16. The van der Waals surface area contributed by atoms with E-state index in [0.717, 1.165) is 22.2 Å². The molecule has 19 heavy (non-hydrogen) atoms. The lowest BCUT2D eigenvalue weighted by Crippen LogP contribution is -1.87. The molecule has 3 aromatic rings. The van der Waals surface area contributed by atoms with Gasteiger partial charge in [0.15, 0.2) is 0 Å². The molecule has 0 aliphatic heterocycles. The fourth-order valence-electron chi connectivity index (χ4n) is 1.94. The molecule has 0 aliphatic carbocycles. The fourth-order valence-corrected chi connectivity index (χ4v) is 2.57. The van der Waals surface area contributed by atoms with Crippen molar-refractivity contribution in [2.75, 3.05) is 0 Å². The molecule has 0 atom stereocenters. The number of pyridine rings is 1. The maximum absolute atomic E-state index is 6.23. The third-order valence-electron chi connectivity index (χ3n) is 2.91. The normalized spacial score (nSPS) is 10.9. The molecule has 0 N–H and O–H groups in total. The summed E-state index contributed by atoms with van der Waals surface area (Å²) in [5, 5.41) is 2.31. The molecule has 3 rings (SSSR count). The molecule has 0 bridgehead atoms. The molecule has 0 unspecified atom stereocenters. The molecule has 0 aliphatic rings. The lowest BCUT2D eigenvalue weighted by atomic mass is 10.1. The highest BCUT2D eigenvalue weighted by Gasteiger charge is 2.11. The topological polar surface area (TPSA) is 12.9 Å². The molecule has 2 aromatic carbocycles. The highest BCUT2D eigenvalue weighted by atomic mass is 35.5. The van der Waals surface area contributed by atoms with Crippen LogP contribution < -0.4 is 0 Å². The SMILES string of the molecule is Clc1ccc(-c2ccc3ccccc3n2)c(Cl)c1Cl. The van der Waals surface area contributed by atoms with E-state index in [-0.39, 0.29) is 0 Å².